The summed E-state index contributed by atoms with van der Waals surface area (Å²) in [6.45, 7) is 9.89. The quantitative estimate of drug-likeness (QED) is 0.361. The Morgan fingerprint density at radius 1 is 1.16 bits per heavy atom. The summed E-state index contributed by atoms with van der Waals surface area (Å²) in [5.41, 5.74) is 6.88. The molecule has 2 aromatic carbocycles. The smallest absolute Gasteiger partial charge is 0.231 e. The van der Waals surface area contributed by atoms with Gasteiger partial charge < -0.3 is 19.5 Å². The van der Waals surface area contributed by atoms with Gasteiger partial charge in [-0.05, 0) is 48.9 Å². The minimum Gasteiger partial charge on any atom is -0.395 e. The summed E-state index contributed by atoms with van der Waals surface area (Å²) in [5, 5.41) is 9.20. The highest BCUT2D eigenvalue weighted by atomic mass is 16.3. The fraction of sp³-hybridized carbons (Fsp3) is 0.276. The molecule has 1 atom stereocenters. The highest BCUT2D eigenvalue weighted by Gasteiger charge is 2.33. The lowest BCUT2D eigenvalue weighted by Gasteiger charge is -2.21. The number of carbonyl (C=O) groups excluding carboxylic acids is 1. The van der Waals surface area contributed by atoms with E-state index < -0.39 is 0 Å². The molecule has 2 aliphatic heterocycles. The van der Waals surface area contributed by atoms with E-state index in [9.17, 15) is 9.90 Å². The number of anilines is 1. The van der Waals surface area contributed by atoms with Gasteiger partial charge in [-0.1, -0.05) is 24.3 Å². The number of amides is 1. The molecule has 8 heteroatoms. The van der Waals surface area contributed by atoms with Gasteiger partial charge in [0.1, 0.15) is 0 Å². The van der Waals surface area contributed by atoms with Crippen molar-refractivity contribution in [1.82, 2.24) is 19.0 Å². The van der Waals surface area contributed by atoms with Gasteiger partial charge in [-0.15, -0.1) is 0 Å². The number of aliphatic hydroxyl groups excluding tert-OH is 1. The minimum absolute atomic E-state index is 0.0524. The second kappa shape index (κ2) is 9.36. The van der Waals surface area contributed by atoms with Crippen LogP contribution in [-0.4, -0.2) is 63.3 Å². The van der Waals surface area contributed by atoms with Crippen molar-refractivity contribution < 1.29 is 9.90 Å². The first-order chi connectivity index (χ1) is 18.1. The standard InChI is InChI=1S/C29H28N6O2/c1-30-24-5-3-20(4-6-24)22-16-27-28-31-10-12-35(28)26-8-7-25(15-23(26)19-33(27)18-22)34-11-9-21(29(34)37)17-32(2)13-14-36/h3-8,10,12,15-16,18,21,36H,9,11,13-14,17,19H2,2H3. The molecule has 1 saturated heterocycles. The third kappa shape index (κ3) is 4.12. The highest BCUT2D eigenvalue weighted by molar-refractivity contribution is 5.97. The van der Waals surface area contributed by atoms with Gasteiger partial charge in [-0.3, -0.25) is 9.36 Å². The maximum atomic E-state index is 13.2. The zero-order chi connectivity index (χ0) is 25.5. The topological polar surface area (TPSA) is 70.9 Å². The average molecular weight is 493 g/mol. The molecule has 2 aromatic heterocycles. The van der Waals surface area contributed by atoms with E-state index in [1.807, 2.05) is 59.6 Å². The molecule has 0 saturated carbocycles. The van der Waals surface area contributed by atoms with Gasteiger partial charge in [-0.2, -0.15) is 0 Å². The molecule has 0 aliphatic carbocycles. The largest absolute Gasteiger partial charge is 0.395 e. The highest BCUT2D eigenvalue weighted by Crippen LogP contribution is 2.36. The van der Waals surface area contributed by atoms with E-state index in [4.69, 9.17) is 6.57 Å². The zero-order valence-corrected chi connectivity index (χ0v) is 20.7. The number of imidazole rings is 1. The molecule has 1 unspecified atom stereocenters. The molecular weight excluding hydrogens is 464 g/mol. The van der Waals surface area contributed by atoms with Crippen LogP contribution in [0.4, 0.5) is 11.4 Å². The van der Waals surface area contributed by atoms with Crippen molar-refractivity contribution in [3.05, 3.63) is 84.1 Å². The fourth-order valence-corrected chi connectivity index (χ4v) is 5.49. The normalized spacial score (nSPS) is 16.3. The molecule has 1 N–H and O–H groups in total. The zero-order valence-electron chi connectivity index (χ0n) is 20.7. The van der Waals surface area contributed by atoms with E-state index in [1.165, 1.54) is 0 Å². The molecule has 0 bridgehead atoms. The number of fused-ring (bicyclic) bond motifs is 5. The second-order valence-corrected chi connectivity index (χ2v) is 9.80. The summed E-state index contributed by atoms with van der Waals surface area (Å²) in [5.74, 6) is 0.969. The fourth-order valence-electron chi connectivity index (χ4n) is 5.49. The maximum absolute atomic E-state index is 13.2. The Morgan fingerprint density at radius 3 is 2.78 bits per heavy atom. The van der Waals surface area contributed by atoms with E-state index in [0.717, 1.165) is 46.0 Å². The van der Waals surface area contributed by atoms with Crippen LogP contribution in [0.2, 0.25) is 0 Å². The lowest BCUT2D eigenvalue weighted by atomic mass is 10.1. The van der Waals surface area contributed by atoms with Crippen molar-refractivity contribution in [2.24, 2.45) is 5.92 Å². The van der Waals surface area contributed by atoms with Gasteiger partial charge >= 0.3 is 0 Å². The molecule has 2 aliphatic rings. The van der Waals surface area contributed by atoms with Crippen LogP contribution in [0.3, 0.4) is 0 Å². The van der Waals surface area contributed by atoms with Gasteiger partial charge in [0.2, 0.25) is 5.91 Å². The number of nitrogens with zero attached hydrogens (tertiary/aromatic N) is 6. The Labute approximate surface area is 215 Å². The summed E-state index contributed by atoms with van der Waals surface area (Å²) in [4.78, 5) is 25.3. The Bertz CT molecular complexity index is 1510. The molecule has 1 amide bonds. The summed E-state index contributed by atoms with van der Waals surface area (Å²) >= 11 is 0. The third-order valence-electron chi connectivity index (χ3n) is 7.40. The van der Waals surface area contributed by atoms with E-state index in [1.54, 1.807) is 0 Å². The van der Waals surface area contributed by atoms with Crippen LogP contribution in [0, 0.1) is 12.5 Å². The Kier molecular flexibility index (Phi) is 5.87. The van der Waals surface area contributed by atoms with Crippen molar-refractivity contribution in [1.29, 1.82) is 0 Å². The van der Waals surface area contributed by atoms with Gasteiger partial charge in [-0.25, -0.2) is 9.83 Å². The Hall–Kier alpha value is -4.19. The van der Waals surface area contributed by atoms with Gasteiger partial charge in [0, 0.05) is 56.0 Å². The minimum atomic E-state index is -0.0524. The molecule has 37 heavy (non-hydrogen) atoms. The first-order valence-electron chi connectivity index (χ1n) is 12.5. The SMILES string of the molecule is [C-]#[N+]c1ccc(-c2cc3n(c2)Cc2cc(N4CCC(CN(C)CCO)C4=O)ccc2-n2ccnc2-3)cc1. The number of aromatic nitrogens is 3. The molecule has 0 spiro atoms. The maximum Gasteiger partial charge on any atom is 0.231 e. The van der Waals surface area contributed by atoms with Gasteiger partial charge in [0.05, 0.1) is 30.5 Å². The van der Waals surface area contributed by atoms with Gasteiger partial charge in [0.25, 0.3) is 0 Å². The molecule has 4 aromatic rings. The second-order valence-electron chi connectivity index (χ2n) is 9.80. The summed E-state index contributed by atoms with van der Waals surface area (Å²) in [6.07, 6.45) is 6.75. The lowest BCUT2D eigenvalue weighted by Crippen LogP contribution is -2.34. The van der Waals surface area contributed by atoms with E-state index in [2.05, 4.69) is 43.4 Å². The van der Waals surface area contributed by atoms with E-state index in [-0.39, 0.29) is 18.4 Å². The number of carbonyl (C=O) groups is 1. The Morgan fingerprint density at radius 2 is 2.00 bits per heavy atom. The number of hydrogen-bond acceptors (Lipinski definition) is 4. The molecule has 186 valence electrons. The van der Waals surface area contributed by atoms with Gasteiger partial charge in [0.15, 0.2) is 11.5 Å². The van der Waals surface area contributed by atoms with Crippen molar-refractivity contribution in [2.45, 2.75) is 13.0 Å². The lowest BCUT2D eigenvalue weighted by molar-refractivity contribution is -0.120. The van der Waals surface area contributed by atoms with E-state index >= 15 is 0 Å². The number of hydrogen-bond donors (Lipinski definition) is 1. The summed E-state index contributed by atoms with van der Waals surface area (Å²) in [7, 11) is 1.94. The molecule has 0 radical (unpaired) electrons. The molecular formula is C29H28N6O2. The van der Waals surface area contributed by atoms with Crippen LogP contribution < -0.4 is 4.90 Å². The number of rotatable bonds is 6. The van der Waals surface area contributed by atoms with Crippen LogP contribution in [0.1, 0.15) is 12.0 Å². The third-order valence-corrected chi connectivity index (χ3v) is 7.40. The Balaban J connectivity index is 1.33. The summed E-state index contributed by atoms with van der Waals surface area (Å²) < 4.78 is 4.33. The van der Waals surface area contributed by atoms with Crippen molar-refractivity contribution in [3.8, 4) is 28.3 Å². The van der Waals surface area contributed by atoms with Crippen molar-refractivity contribution >= 4 is 17.3 Å². The van der Waals surface area contributed by atoms with E-state index in [0.29, 0.717) is 31.9 Å². The number of aliphatic hydroxyl groups is 1. The predicted molar refractivity (Wildman–Crippen MR) is 143 cm³/mol. The monoisotopic (exact) mass is 492 g/mol. The van der Waals surface area contributed by atoms with Crippen LogP contribution in [0.5, 0.6) is 0 Å². The predicted octanol–water partition coefficient (Wildman–Crippen LogP) is 4.20. The van der Waals surface area contributed by atoms with Crippen LogP contribution in [0.25, 0.3) is 33.2 Å². The first kappa shape index (κ1) is 23.2. The van der Waals surface area contributed by atoms with Crippen molar-refractivity contribution in [2.75, 3.05) is 38.2 Å². The van der Waals surface area contributed by atoms with Crippen molar-refractivity contribution in [3.63, 3.8) is 0 Å². The molecule has 1 fully saturated rings. The number of benzene rings is 2. The average Bonchev–Trinajstić information content (AvgIpc) is 3.62. The van der Waals surface area contributed by atoms with Crippen LogP contribution in [0.15, 0.2) is 67.1 Å². The first-order valence-corrected chi connectivity index (χ1v) is 12.5. The van der Waals surface area contributed by atoms with Crippen LogP contribution in [-0.2, 0) is 11.3 Å². The number of likely N-dealkylation sites (N-methyl/N-ethyl adjacent to an activating group) is 1. The molecule has 6 rings (SSSR count). The molecule has 8 nitrogen and oxygen atoms in total. The molecule has 4 heterocycles. The van der Waals surface area contributed by atoms with Crippen LogP contribution >= 0.6 is 0 Å². The summed E-state index contributed by atoms with van der Waals surface area (Å²) in [6, 6.07) is 16.1.